The van der Waals surface area contributed by atoms with E-state index in [0.29, 0.717) is 24.3 Å². The van der Waals surface area contributed by atoms with Gasteiger partial charge in [0, 0.05) is 18.2 Å². The summed E-state index contributed by atoms with van der Waals surface area (Å²) in [6.45, 7) is 4.34. The van der Waals surface area contributed by atoms with Crippen LogP contribution in [-0.2, 0) is 11.2 Å². The highest BCUT2D eigenvalue weighted by atomic mass is 16.5. The van der Waals surface area contributed by atoms with Crippen molar-refractivity contribution in [1.29, 1.82) is 0 Å². The molecule has 6 nitrogen and oxygen atoms in total. The second kappa shape index (κ2) is 10.3. The molecule has 160 valence electrons. The Kier molecular flexibility index (Phi) is 7.27. The molecule has 3 rings (SSSR count). The maximum atomic E-state index is 12.8. The van der Waals surface area contributed by atoms with Crippen LogP contribution in [0.5, 0.6) is 5.75 Å². The van der Waals surface area contributed by atoms with E-state index in [1.165, 1.54) is 12.3 Å². The first kappa shape index (κ1) is 21.9. The fourth-order valence-electron chi connectivity index (χ4n) is 2.96. The van der Waals surface area contributed by atoms with Gasteiger partial charge < -0.3 is 19.8 Å². The van der Waals surface area contributed by atoms with E-state index in [9.17, 15) is 9.59 Å². The highest BCUT2D eigenvalue weighted by Gasteiger charge is 2.15. The maximum Gasteiger partial charge on any atom is 0.267 e. The third kappa shape index (κ3) is 6.09. The van der Waals surface area contributed by atoms with Crippen molar-refractivity contribution in [3.63, 3.8) is 0 Å². The predicted molar refractivity (Wildman–Crippen MR) is 120 cm³/mol. The van der Waals surface area contributed by atoms with Gasteiger partial charge in [0.25, 0.3) is 11.8 Å². The summed E-state index contributed by atoms with van der Waals surface area (Å²) < 4.78 is 10.5. The average molecular weight is 418 g/mol. The summed E-state index contributed by atoms with van der Waals surface area (Å²) in [4.78, 5) is 25.5. The molecule has 2 amide bonds. The van der Waals surface area contributed by atoms with Crippen molar-refractivity contribution in [3.05, 3.63) is 94.6 Å². The van der Waals surface area contributed by atoms with Gasteiger partial charge in [0.1, 0.15) is 17.2 Å². The molecule has 0 aliphatic heterocycles. The predicted octanol–water partition coefficient (Wildman–Crippen LogP) is 4.03. The molecule has 0 spiro atoms. The van der Waals surface area contributed by atoms with Crippen molar-refractivity contribution < 1.29 is 18.7 Å². The maximum absolute atomic E-state index is 12.8. The minimum atomic E-state index is -0.387. The third-order valence-electron chi connectivity index (χ3n) is 4.95. The summed E-state index contributed by atoms with van der Waals surface area (Å²) in [6, 6.07) is 16.5. The number of hydrogen-bond donors (Lipinski definition) is 2. The van der Waals surface area contributed by atoms with Crippen LogP contribution < -0.4 is 15.4 Å². The van der Waals surface area contributed by atoms with Crippen LogP contribution in [0.15, 0.2) is 71.0 Å². The summed E-state index contributed by atoms with van der Waals surface area (Å²) >= 11 is 0. The lowest BCUT2D eigenvalue weighted by Gasteiger charge is -2.12. The van der Waals surface area contributed by atoms with E-state index >= 15 is 0 Å². The average Bonchev–Trinajstić information content (AvgIpc) is 3.28. The standard InChI is InChI=1S/C25H26N2O4/c1-17-6-9-20(15-18(17)2)24(28)27-23(16-22-5-4-14-31-22)25(29)26-13-12-19-7-10-21(30-3)11-8-19/h4-11,14-16H,12-13H2,1-3H3,(H,26,29)(H,27,28). The minimum Gasteiger partial charge on any atom is -0.497 e. The molecular weight excluding hydrogens is 392 g/mol. The first-order valence-corrected chi connectivity index (χ1v) is 10.0. The first-order valence-electron chi connectivity index (χ1n) is 10.0. The van der Waals surface area contributed by atoms with Gasteiger partial charge in [-0.25, -0.2) is 0 Å². The lowest BCUT2D eigenvalue weighted by molar-refractivity contribution is -0.117. The van der Waals surface area contributed by atoms with Gasteiger partial charge in [-0.1, -0.05) is 18.2 Å². The molecule has 0 radical (unpaired) electrons. The second-order valence-electron chi connectivity index (χ2n) is 7.18. The molecule has 2 aromatic carbocycles. The first-order chi connectivity index (χ1) is 15.0. The second-order valence-corrected chi connectivity index (χ2v) is 7.18. The molecule has 0 aliphatic rings. The number of nitrogens with one attached hydrogen (secondary N) is 2. The zero-order valence-electron chi connectivity index (χ0n) is 17.9. The van der Waals surface area contributed by atoms with Gasteiger partial charge in [-0.15, -0.1) is 0 Å². The van der Waals surface area contributed by atoms with Crippen molar-refractivity contribution in [2.45, 2.75) is 20.3 Å². The number of aryl methyl sites for hydroxylation is 2. The number of carbonyl (C=O) groups excluding carboxylic acids is 2. The lowest BCUT2D eigenvalue weighted by Crippen LogP contribution is -2.35. The quantitative estimate of drug-likeness (QED) is 0.541. The summed E-state index contributed by atoms with van der Waals surface area (Å²) in [7, 11) is 1.62. The summed E-state index contributed by atoms with van der Waals surface area (Å²) in [5.74, 6) is 0.513. The van der Waals surface area contributed by atoms with Gasteiger partial charge in [0.05, 0.1) is 13.4 Å². The van der Waals surface area contributed by atoms with E-state index in [0.717, 1.165) is 22.4 Å². The Morgan fingerprint density at radius 2 is 1.81 bits per heavy atom. The normalized spacial score (nSPS) is 11.1. The number of amides is 2. The van der Waals surface area contributed by atoms with Crippen molar-refractivity contribution in [3.8, 4) is 5.75 Å². The van der Waals surface area contributed by atoms with Crippen LogP contribution in [-0.4, -0.2) is 25.5 Å². The summed E-state index contributed by atoms with van der Waals surface area (Å²) in [6.07, 6.45) is 3.67. The van der Waals surface area contributed by atoms with Gasteiger partial charge in [-0.3, -0.25) is 9.59 Å². The molecule has 1 aromatic heterocycles. The molecule has 0 bridgehead atoms. The molecule has 2 N–H and O–H groups in total. The Hall–Kier alpha value is -3.80. The SMILES string of the molecule is COc1ccc(CCNC(=O)C(=Cc2ccco2)NC(=O)c2ccc(C)c(C)c2)cc1. The lowest BCUT2D eigenvalue weighted by atomic mass is 10.1. The van der Waals surface area contributed by atoms with Crippen LogP contribution in [0.1, 0.15) is 32.8 Å². The fourth-order valence-corrected chi connectivity index (χ4v) is 2.96. The molecule has 0 aliphatic carbocycles. The molecule has 31 heavy (non-hydrogen) atoms. The van der Waals surface area contributed by atoms with Crippen LogP contribution in [0.25, 0.3) is 6.08 Å². The summed E-state index contributed by atoms with van der Waals surface area (Å²) in [5.41, 5.74) is 3.77. The van der Waals surface area contributed by atoms with E-state index < -0.39 is 0 Å². The Morgan fingerprint density at radius 3 is 2.45 bits per heavy atom. The van der Waals surface area contributed by atoms with Gasteiger partial charge in [0.2, 0.25) is 0 Å². The van der Waals surface area contributed by atoms with Crippen LogP contribution in [0.3, 0.4) is 0 Å². The van der Waals surface area contributed by atoms with Crippen LogP contribution in [0.4, 0.5) is 0 Å². The summed E-state index contributed by atoms with van der Waals surface area (Å²) in [5, 5.41) is 5.57. The minimum absolute atomic E-state index is 0.118. The molecule has 0 saturated carbocycles. The van der Waals surface area contributed by atoms with Crippen molar-refractivity contribution in [1.82, 2.24) is 10.6 Å². The van der Waals surface area contributed by atoms with E-state index in [1.807, 2.05) is 44.2 Å². The van der Waals surface area contributed by atoms with Crippen molar-refractivity contribution >= 4 is 17.9 Å². The Balaban J connectivity index is 1.68. The van der Waals surface area contributed by atoms with Crippen LogP contribution in [0.2, 0.25) is 0 Å². The topological polar surface area (TPSA) is 80.6 Å². The number of hydrogen-bond acceptors (Lipinski definition) is 4. The number of benzene rings is 2. The van der Waals surface area contributed by atoms with E-state index in [1.54, 1.807) is 31.4 Å². The smallest absolute Gasteiger partial charge is 0.267 e. The molecule has 0 atom stereocenters. The van der Waals surface area contributed by atoms with Crippen LogP contribution in [0, 0.1) is 13.8 Å². The highest BCUT2D eigenvalue weighted by Crippen LogP contribution is 2.13. The number of ether oxygens (including phenoxy) is 1. The van der Waals surface area contributed by atoms with Gasteiger partial charge in [0.15, 0.2) is 0 Å². The fraction of sp³-hybridized carbons (Fsp3) is 0.200. The van der Waals surface area contributed by atoms with Gasteiger partial charge >= 0.3 is 0 Å². The molecular formula is C25H26N2O4. The van der Waals surface area contributed by atoms with Gasteiger partial charge in [-0.05, 0) is 73.4 Å². The number of furan rings is 1. The Bertz CT molecular complexity index is 1070. The monoisotopic (exact) mass is 418 g/mol. The number of rotatable bonds is 8. The molecule has 1 heterocycles. The van der Waals surface area contributed by atoms with E-state index in [2.05, 4.69) is 10.6 Å². The Labute approximate surface area is 181 Å². The van der Waals surface area contributed by atoms with E-state index in [4.69, 9.17) is 9.15 Å². The molecule has 3 aromatic rings. The van der Waals surface area contributed by atoms with Crippen molar-refractivity contribution in [2.75, 3.05) is 13.7 Å². The highest BCUT2D eigenvalue weighted by molar-refractivity contribution is 6.05. The van der Waals surface area contributed by atoms with E-state index in [-0.39, 0.29) is 17.5 Å². The Morgan fingerprint density at radius 1 is 1.03 bits per heavy atom. The molecule has 0 fully saturated rings. The van der Waals surface area contributed by atoms with Gasteiger partial charge in [-0.2, -0.15) is 0 Å². The van der Waals surface area contributed by atoms with Crippen LogP contribution >= 0.6 is 0 Å². The third-order valence-corrected chi connectivity index (χ3v) is 4.95. The zero-order chi connectivity index (χ0) is 22.2. The van der Waals surface area contributed by atoms with Crippen molar-refractivity contribution in [2.24, 2.45) is 0 Å². The number of carbonyl (C=O) groups is 2. The largest absolute Gasteiger partial charge is 0.497 e. The molecule has 0 saturated heterocycles. The number of methoxy groups -OCH3 is 1. The molecule has 6 heteroatoms. The zero-order valence-corrected chi connectivity index (χ0v) is 17.9. The molecule has 0 unspecified atom stereocenters.